The number of aromatic nitrogens is 2. The third kappa shape index (κ3) is 5.97. The summed E-state index contributed by atoms with van der Waals surface area (Å²) < 4.78 is 25.0. The molecule has 3 aromatic carbocycles. The fourth-order valence-electron chi connectivity index (χ4n) is 5.63. The first-order valence-electron chi connectivity index (χ1n) is 13.7. The van der Waals surface area contributed by atoms with Gasteiger partial charge in [-0.05, 0) is 0 Å². The van der Waals surface area contributed by atoms with Gasteiger partial charge in [0.2, 0.25) is 0 Å². The molecule has 0 aliphatic carbocycles. The molecule has 0 spiro atoms. The van der Waals surface area contributed by atoms with Gasteiger partial charge in [-0.25, -0.2) is 0 Å². The van der Waals surface area contributed by atoms with Gasteiger partial charge in [-0.1, -0.05) is 0 Å². The van der Waals surface area contributed by atoms with Crippen LogP contribution in [0, 0.1) is 6.92 Å². The standard InChI is InChI=1S/C32H35FN2O3SSeSi/c1-23-21-35(30(37)34-28(23)36)29-32(33,40-25-14-8-5-9-15-25)20-24(39-29)22-38-41(31(2,3)4,26-16-10-6-11-17-26)27-18-12-7-13-19-27/h5-19,21,24,29H,20,22H2,1-4H3,(H,34,36,37)/t24-,29+,32+/m0/s1. The molecule has 1 saturated heterocycles. The summed E-state index contributed by atoms with van der Waals surface area (Å²) in [6, 6.07) is 30.5. The number of thioether (sulfide) groups is 1. The summed E-state index contributed by atoms with van der Waals surface area (Å²) >= 11 is 0.871. The summed E-state index contributed by atoms with van der Waals surface area (Å²) in [5, 5.41) is 1.18. The number of aromatic amines is 1. The van der Waals surface area contributed by atoms with Crippen molar-refractivity contribution < 1.29 is 8.82 Å². The predicted octanol–water partition coefficient (Wildman–Crippen LogP) is 4.12. The van der Waals surface area contributed by atoms with Gasteiger partial charge in [0.15, 0.2) is 0 Å². The van der Waals surface area contributed by atoms with Gasteiger partial charge >= 0.3 is 253 Å². The number of halogens is 1. The number of nitrogens with one attached hydrogen (secondary N) is 1. The molecule has 0 unspecified atom stereocenters. The van der Waals surface area contributed by atoms with E-state index in [1.165, 1.54) is 32.9 Å². The molecule has 3 atom stereocenters. The summed E-state index contributed by atoms with van der Waals surface area (Å²) in [4.78, 5) is 27.4. The second-order valence-electron chi connectivity index (χ2n) is 11.5. The average Bonchev–Trinajstić information content (AvgIpc) is 3.27. The number of aryl methyl sites for hydroxylation is 1. The topological polar surface area (TPSA) is 64.1 Å². The molecule has 4 aromatic rings. The normalized spacial score (nSPS) is 21.2. The summed E-state index contributed by atoms with van der Waals surface area (Å²) in [7, 11) is -2.81. The van der Waals surface area contributed by atoms with Crippen molar-refractivity contribution in [2.45, 2.75) is 54.3 Å². The summed E-state index contributed by atoms with van der Waals surface area (Å²) in [6.45, 7) is 8.67. The number of rotatable bonds is 8. The average molecular weight is 654 g/mol. The molecule has 0 saturated carbocycles. The quantitative estimate of drug-likeness (QED) is 0.291. The molecular weight excluding hydrogens is 618 g/mol. The van der Waals surface area contributed by atoms with E-state index < -0.39 is 44.5 Å². The van der Waals surface area contributed by atoms with Gasteiger partial charge in [-0.3, -0.25) is 0 Å². The maximum atomic E-state index is 17.2. The molecule has 0 radical (unpaired) electrons. The Labute approximate surface area is 251 Å². The molecule has 1 fully saturated rings. The van der Waals surface area contributed by atoms with E-state index in [4.69, 9.17) is 4.43 Å². The Bertz CT molecular complexity index is 1560. The summed E-state index contributed by atoms with van der Waals surface area (Å²) in [5.41, 5.74) is -0.650. The number of benzene rings is 3. The van der Waals surface area contributed by atoms with Crippen molar-refractivity contribution >= 4 is 49.9 Å². The van der Waals surface area contributed by atoms with Crippen LogP contribution in [-0.2, 0) is 4.43 Å². The van der Waals surface area contributed by atoms with E-state index in [1.54, 1.807) is 6.92 Å². The van der Waals surface area contributed by atoms with Crippen LogP contribution in [-0.4, -0.2) is 49.2 Å². The monoisotopic (exact) mass is 654 g/mol. The minimum atomic E-state index is -2.81. The van der Waals surface area contributed by atoms with Gasteiger partial charge in [0.05, 0.1) is 0 Å². The van der Waals surface area contributed by atoms with Crippen molar-refractivity contribution in [1.82, 2.24) is 9.55 Å². The molecule has 1 N–H and O–H groups in total. The Hall–Kier alpha value is -2.68. The minimum absolute atomic E-state index is 0.184. The van der Waals surface area contributed by atoms with Gasteiger partial charge in [-0.15, -0.1) is 0 Å². The van der Waals surface area contributed by atoms with Crippen LogP contribution in [0.4, 0.5) is 4.39 Å². The molecule has 5 rings (SSSR count). The number of nitrogens with zero attached hydrogens (tertiary/aromatic N) is 1. The first-order valence-corrected chi connectivity index (χ1v) is 18.3. The van der Waals surface area contributed by atoms with Gasteiger partial charge in [0.25, 0.3) is 0 Å². The van der Waals surface area contributed by atoms with Crippen LogP contribution >= 0.6 is 11.8 Å². The Morgan fingerprint density at radius 1 is 0.976 bits per heavy atom. The van der Waals surface area contributed by atoms with Crippen LogP contribution in [0.2, 0.25) is 5.04 Å². The molecule has 41 heavy (non-hydrogen) atoms. The van der Waals surface area contributed by atoms with E-state index in [-0.39, 0.29) is 16.7 Å². The van der Waals surface area contributed by atoms with E-state index >= 15 is 4.39 Å². The molecule has 1 aliphatic heterocycles. The van der Waals surface area contributed by atoms with Crippen LogP contribution in [0.15, 0.2) is 107 Å². The zero-order valence-corrected chi connectivity index (χ0v) is 27.2. The molecule has 0 bridgehead atoms. The van der Waals surface area contributed by atoms with Crippen molar-refractivity contribution in [3.05, 3.63) is 124 Å². The predicted molar refractivity (Wildman–Crippen MR) is 170 cm³/mol. The van der Waals surface area contributed by atoms with Crippen molar-refractivity contribution in [3.8, 4) is 0 Å². The Morgan fingerprint density at radius 3 is 2.05 bits per heavy atom. The summed E-state index contributed by atoms with van der Waals surface area (Å²) in [6.07, 6.45) is 1.75. The van der Waals surface area contributed by atoms with Crippen molar-refractivity contribution in [1.29, 1.82) is 0 Å². The Morgan fingerprint density at radius 2 is 1.51 bits per heavy atom. The third-order valence-electron chi connectivity index (χ3n) is 7.53. The molecular formula is C32H35FN2O3SSeSi. The van der Waals surface area contributed by atoms with E-state index in [1.807, 2.05) is 42.5 Å². The van der Waals surface area contributed by atoms with E-state index in [9.17, 15) is 9.59 Å². The molecule has 1 aromatic heterocycles. The van der Waals surface area contributed by atoms with Crippen LogP contribution in [0.3, 0.4) is 0 Å². The van der Waals surface area contributed by atoms with Crippen molar-refractivity contribution in [2.24, 2.45) is 0 Å². The van der Waals surface area contributed by atoms with Gasteiger partial charge < -0.3 is 0 Å². The van der Waals surface area contributed by atoms with Crippen LogP contribution in [0.25, 0.3) is 0 Å². The molecule has 214 valence electrons. The molecule has 9 heteroatoms. The van der Waals surface area contributed by atoms with E-state index in [0.29, 0.717) is 12.2 Å². The first-order chi connectivity index (χ1) is 19.5. The maximum absolute atomic E-state index is 17.2. The van der Waals surface area contributed by atoms with E-state index in [0.717, 1.165) is 4.46 Å². The van der Waals surface area contributed by atoms with Crippen molar-refractivity contribution in [2.75, 3.05) is 6.61 Å². The molecule has 1 aliphatic rings. The Kier molecular flexibility index (Phi) is 8.65. The second-order valence-corrected chi connectivity index (χ2v) is 20.0. The zero-order chi connectivity index (χ0) is 29.3. The number of H-pyrrole nitrogens is 1. The summed E-state index contributed by atoms with van der Waals surface area (Å²) in [5.74, 6) is 0. The fourth-order valence-corrected chi connectivity index (χ4v) is 15.1. The molecule has 2 heterocycles. The zero-order valence-electron chi connectivity index (χ0n) is 23.7. The van der Waals surface area contributed by atoms with Gasteiger partial charge in [-0.2, -0.15) is 0 Å². The van der Waals surface area contributed by atoms with Crippen LogP contribution in [0.1, 0.15) is 38.1 Å². The fraction of sp³-hybridized carbons (Fsp3) is 0.312. The number of hydrogen-bond acceptors (Lipinski definition) is 4. The van der Waals surface area contributed by atoms with Crippen molar-refractivity contribution in [3.63, 3.8) is 0 Å². The van der Waals surface area contributed by atoms with Gasteiger partial charge in [0, 0.05) is 0 Å². The first kappa shape index (κ1) is 29.8. The second kappa shape index (κ2) is 11.9. The third-order valence-corrected chi connectivity index (χ3v) is 17.0. The van der Waals surface area contributed by atoms with Gasteiger partial charge in [0.1, 0.15) is 0 Å². The van der Waals surface area contributed by atoms with E-state index in [2.05, 4.69) is 74.3 Å². The Balaban J connectivity index is 1.53. The van der Waals surface area contributed by atoms with Crippen LogP contribution < -0.4 is 26.1 Å². The molecule has 0 amide bonds. The molecule has 5 nitrogen and oxygen atoms in total. The van der Waals surface area contributed by atoms with Crippen LogP contribution in [0.5, 0.6) is 0 Å². The number of alkyl halides is 1. The SMILES string of the molecule is Cc1cn([C@@H]2S[C@H](CO[Si](c3ccccc3)(c3ccccc3)C(C)(C)C)C[C@@]2(F)[Se]c2ccccc2)c(=O)[nH]c1=O. The number of hydrogen-bond donors (Lipinski definition) is 1.